The fourth-order valence-corrected chi connectivity index (χ4v) is 6.50. The zero-order chi connectivity index (χ0) is 34.7. The maximum Gasteiger partial charge on any atom is 0.264 e. The van der Waals surface area contributed by atoms with Crippen molar-refractivity contribution in [3.8, 4) is 11.5 Å². The number of hydrogen-bond acceptors (Lipinski definition) is 6. The van der Waals surface area contributed by atoms with E-state index in [0.29, 0.717) is 30.2 Å². The molecule has 0 heterocycles. The molecular weight excluding hydrogens is 633 g/mol. The molecule has 4 aromatic carbocycles. The molecule has 4 rings (SSSR count). The monoisotopic (exact) mass is 675 g/mol. The number of sulfonamides is 1. The second-order valence-corrected chi connectivity index (χ2v) is 13.5. The van der Waals surface area contributed by atoms with Crippen LogP contribution in [0.1, 0.15) is 31.9 Å². The Morgan fingerprint density at radius 1 is 0.854 bits per heavy atom. The predicted octanol–water partition coefficient (Wildman–Crippen LogP) is 5.84. The number of halogens is 1. The van der Waals surface area contributed by atoms with Crippen molar-refractivity contribution in [2.45, 2.75) is 44.7 Å². The van der Waals surface area contributed by atoms with Crippen molar-refractivity contribution in [2.75, 3.05) is 31.1 Å². The number of methoxy groups -OCH3 is 1. The topological polar surface area (TPSA) is 105 Å². The second-order valence-electron chi connectivity index (χ2n) is 11.6. The normalized spacial score (nSPS) is 11.9. The van der Waals surface area contributed by atoms with Crippen LogP contribution in [0.5, 0.6) is 11.5 Å². The van der Waals surface area contributed by atoms with E-state index in [0.717, 1.165) is 34.1 Å². The minimum atomic E-state index is -4.38. The average Bonchev–Trinajstić information content (AvgIpc) is 3.08. The Morgan fingerprint density at radius 3 is 2.15 bits per heavy atom. The first-order chi connectivity index (χ1) is 23.0. The molecule has 0 aromatic heterocycles. The van der Waals surface area contributed by atoms with Crippen molar-refractivity contribution in [1.29, 1.82) is 0 Å². The summed E-state index contributed by atoms with van der Waals surface area (Å²) < 4.78 is 54.0. The Bertz CT molecular complexity index is 1750. The summed E-state index contributed by atoms with van der Waals surface area (Å²) in [7, 11) is -2.84. The molecule has 1 unspecified atom stereocenters. The van der Waals surface area contributed by atoms with E-state index in [1.165, 1.54) is 12.0 Å². The van der Waals surface area contributed by atoms with E-state index in [1.54, 1.807) is 42.5 Å². The fourth-order valence-electron chi connectivity index (χ4n) is 5.08. The number of nitrogens with zero attached hydrogens (tertiary/aromatic N) is 2. The van der Waals surface area contributed by atoms with Gasteiger partial charge in [-0.05, 0) is 84.6 Å². The molecule has 0 spiro atoms. The Morgan fingerprint density at radius 2 is 1.52 bits per heavy atom. The van der Waals surface area contributed by atoms with E-state index in [-0.39, 0.29) is 35.4 Å². The van der Waals surface area contributed by atoms with Gasteiger partial charge in [-0.2, -0.15) is 0 Å². The number of anilines is 1. The van der Waals surface area contributed by atoms with Crippen LogP contribution in [0.2, 0.25) is 0 Å². The quantitative estimate of drug-likeness (QED) is 0.160. The highest BCUT2D eigenvalue weighted by atomic mass is 32.2. The lowest BCUT2D eigenvalue weighted by Crippen LogP contribution is -2.53. The lowest BCUT2D eigenvalue weighted by atomic mass is 10.0. The van der Waals surface area contributed by atoms with Crippen molar-refractivity contribution < 1.29 is 31.9 Å². The lowest BCUT2D eigenvalue weighted by Gasteiger charge is -2.34. The molecule has 4 aromatic rings. The number of carbonyl (C=O) groups is 2. The van der Waals surface area contributed by atoms with Gasteiger partial charge in [0, 0.05) is 19.5 Å². The number of rotatable bonds is 16. The highest BCUT2D eigenvalue weighted by molar-refractivity contribution is 7.92. The third-order valence-corrected chi connectivity index (χ3v) is 9.35. The molecule has 0 aliphatic carbocycles. The van der Waals surface area contributed by atoms with Crippen LogP contribution in [-0.2, 0) is 32.6 Å². The van der Waals surface area contributed by atoms with Crippen LogP contribution in [0.15, 0.2) is 108 Å². The van der Waals surface area contributed by atoms with E-state index in [9.17, 15) is 22.4 Å². The van der Waals surface area contributed by atoms with Crippen LogP contribution < -0.4 is 19.1 Å². The Kier molecular flexibility index (Phi) is 12.6. The predicted molar refractivity (Wildman–Crippen MR) is 184 cm³/mol. The molecule has 9 nitrogen and oxygen atoms in total. The third kappa shape index (κ3) is 9.57. The molecule has 0 saturated heterocycles. The maximum atomic E-state index is 14.6. The van der Waals surface area contributed by atoms with Crippen molar-refractivity contribution in [3.05, 3.63) is 120 Å². The van der Waals surface area contributed by atoms with E-state index >= 15 is 0 Å². The SMILES string of the molecule is CCOc1ccc(N(CC(=O)N(Cc2cccc(OC)c2)C(Cc2ccccc2)C(=O)NCC(C)C)S(=O)(=O)c2ccc(F)cc2)cc1. The minimum Gasteiger partial charge on any atom is -0.497 e. The minimum absolute atomic E-state index is 0.00363. The van der Waals surface area contributed by atoms with Crippen molar-refractivity contribution >= 4 is 27.5 Å². The lowest BCUT2D eigenvalue weighted by molar-refractivity contribution is -0.140. The summed E-state index contributed by atoms with van der Waals surface area (Å²) in [6.07, 6.45) is 0.189. The smallest absolute Gasteiger partial charge is 0.264 e. The van der Waals surface area contributed by atoms with Crippen LogP contribution in [0.25, 0.3) is 0 Å². The molecule has 2 amide bonds. The summed E-state index contributed by atoms with van der Waals surface area (Å²) in [4.78, 5) is 29.7. The van der Waals surface area contributed by atoms with Gasteiger partial charge in [-0.3, -0.25) is 13.9 Å². The average molecular weight is 676 g/mol. The van der Waals surface area contributed by atoms with Gasteiger partial charge in [0.25, 0.3) is 10.0 Å². The van der Waals surface area contributed by atoms with Crippen LogP contribution in [0, 0.1) is 11.7 Å². The van der Waals surface area contributed by atoms with Crippen molar-refractivity contribution in [3.63, 3.8) is 0 Å². The summed E-state index contributed by atoms with van der Waals surface area (Å²) in [5.41, 5.74) is 1.71. The molecule has 48 heavy (non-hydrogen) atoms. The second kappa shape index (κ2) is 16.8. The zero-order valence-electron chi connectivity index (χ0n) is 27.6. The van der Waals surface area contributed by atoms with Gasteiger partial charge in [0.15, 0.2) is 0 Å². The number of carbonyl (C=O) groups excluding carboxylic acids is 2. The molecule has 11 heteroatoms. The largest absolute Gasteiger partial charge is 0.497 e. The van der Waals surface area contributed by atoms with Crippen LogP contribution >= 0.6 is 0 Å². The van der Waals surface area contributed by atoms with E-state index < -0.39 is 34.3 Å². The van der Waals surface area contributed by atoms with Gasteiger partial charge in [-0.15, -0.1) is 0 Å². The number of benzene rings is 4. The Balaban J connectivity index is 1.81. The van der Waals surface area contributed by atoms with Gasteiger partial charge in [0.2, 0.25) is 11.8 Å². The number of amides is 2. The number of ether oxygens (including phenoxy) is 2. The Hall–Kier alpha value is -4.90. The molecule has 0 aliphatic rings. The van der Waals surface area contributed by atoms with Crippen LogP contribution in [0.3, 0.4) is 0 Å². The third-order valence-electron chi connectivity index (χ3n) is 7.56. The first-order valence-corrected chi connectivity index (χ1v) is 17.2. The van der Waals surface area contributed by atoms with E-state index in [4.69, 9.17) is 9.47 Å². The summed E-state index contributed by atoms with van der Waals surface area (Å²) in [6, 6.07) is 26.2. The molecule has 254 valence electrons. The summed E-state index contributed by atoms with van der Waals surface area (Å²) in [5, 5.41) is 2.97. The molecule has 1 atom stereocenters. The fraction of sp³-hybridized carbons (Fsp3) is 0.297. The highest BCUT2D eigenvalue weighted by Crippen LogP contribution is 2.27. The van der Waals surface area contributed by atoms with Crippen molar-refractivity contribution in [2.24, 2.45) is 5.92 Å². The summed E-state index contributed by atoms with van der Waals surface area (Å²) in [6.45, 7) is 5.94. The molecule has 1 N–H and O–H groups in total. The van der Waals surface area contributed by atoms with E-state index in [1.807, 2.05) is 57.2 Å². The first-order valence-electron chi connectivity index (χ1n) is 15.8. The molecule has 0 bridgehead atoms. The molecule has 0 fully saturated rings. The van der Waals surface area contributed by atoms with Crippen LogP contribution in [0.4, 0.5) is 10.1 Å². The zero-order valence-corrected chi connectivity index (χ0v) is 28.5. The standard InChI is InChI=1S/C37H42FN3O6S/c1-5-47-32-18-16-31(17-19-32)41(48(44,45)34-20-14-30(38)15-21-34)26-36(42)40(25-29-12-9-13-33(22-29)46-4)35(37(43)39-24-27(2)3)23-28-10-7-6-8-11-28/h6-22,27,35H,5,23-26H2,1-4H3,(H,39,43). The van der Waals surface area contributed by atoms with Gasteiger partial charge in [-0.1, -0.05) is 56.3 Å². The molecule has 0 aliphatic heterocycles. The van der Waals surface area contributed by atoms with Gasteiger partial charge in [0.05, 0.1) is 24.3 Å². The first kappa shape index (κ1) is 35.9. The summed E-state index contributed by atoms with van der Waals surface area (Å²) >= 11 is 0. The number of hydrogen-bond donors (Lipinski definition) is 1. The van der Waals surface area contributed by atoms with Gasteiger partial charge in [-0.25, -0.2) is 12.8 Å². The Labute approximate surface area is 282 Å². The highest BCUT2D eigenvalue weighted by Gasteiger charge is 2.34. The van der Waals surface area contributed by atoms with Gasteiger partial charge >= 0.3 is 0 Å². The summed E-state index contributed by atoms with van der Waals surface area (Å²) in [5.74, 6) is -0.325. The molecular formula is C37H42FN3O6S. The van der Waals surface area contributed by atoms with Gasteiger partial charge in [0.1, 0.15) is 29.9 Å². The molecule has 0 saturated carbocycles. The maximum absolute atomic E-state index is 14.6. The number of nitrogens with one attached hydrogen (secondary N) is 1. The van der Waals surface area contributed by atoms with Crippen molar-refractivity contribution in [1.82, 2.24) is 10.2 Å². The van der Waals surface area contributed by atoms with E-state index in [2.05, 4.69) is 5.32 Å². The molecule has 0 radical (unpaired) electrons. The van der Waals surface area contributed by atoms with Gasteiger partial charge < -0.3 is 19.7 Å². The van der Waals surface area contributed by atoms with Crippen LogP contribution in [-0.4, -0.2) is 58.0 Å².